The minimum Gasteiger partial charge on any atom is -0.465 e. The summed E-state index contributed by atoms with van der Waals surface area (Å²) >= 11 is 0. The van der Waals surface area contributed by atoms with Gasteiger partial charge in [-0.1, -0.05) is 13.8 Å². The number of rotatable bonds is 6. The van der Waals surface area contributed by atoms with E-state index in [0.717, 1.165) is 0 Å². The van der Waals surface area contributed by atoms with Crippen molar-refractivity contribution >= 4 is 11.9 Å². The molecule has 7 heteroatoms. The molecule has 1 heterocycles. The Morgan fingerprint density at radius 2 is 2.13 bits per heavy atom. The molecule has 0 atom stereocenters. The van der Waals surface area contributed by atoms with E-state index in [1.807, 2.05) is 13.8 Å². The minimum absolute atomic E-state index is 0.168. The lowest BCUT2D eigenvalue weighted by Gasteiger charge is -2.12. The maximum Gasteiger partial charge on any atom is 0.291 e. The molecule has 23 heavy (non-hydrogen) atoms. The monoisotopic (exact) mass is 322 g/mol. The van der Waals surface area contributed by atoms with E-state index in [2.05, 4.69) is 10.3 Å². The second-order valence-corrected chi connectivity index (χ2v) is 5.41. The van der Waals surface area contributed by atoms with Gasteiger partial charge in [-0.15, -0.1) is 0 Å². The van der Waals surface area contributed by atoms with Gasteiger partial charge in [0.15, 0.2) is 11.5 Å². The number of methoxy groups -OCH3 is 1. The summed E-state index contributed by atoms with van der Waals surface area (Å²) < 4.78 is 21.0. The number of benzene rings is 1. The molecule has 0 spiro atoms. The normalized spacial score (nSPS) is 13.3. The third-order valence-corrected chi connectivity index (χ3v) is 2.96. The summed E-state index contributed by atoms with van der Waals surface area (Å²) in [6, 6.07) is 5.19. The zero-order valence-electron chi connectivity index (χ0n) is 13.6. The van der Waals surface area contributed by atoms with Crippen LogP contribution in [0.25, 0.3) is 0 Å². The van der Waals surface area contributed by atoms with Crippen LogP contribution >= 0.6 is 0 Å². The van der Waals surface area contributed by atoms with Gasteiger partial charge in [-0.05, 0) is 24.1 Å². The summed E-state index contributed by atoms with van der Waals surface area (Å²) in [6.07, 6.45) is 0. The van der Waals surface area contributed by atoms with E-state index in [4.69, 9.17) is 18.9 Å². The van der Waals surface area contributed by atoms with Crippen molar-refractivity contribution in [3.63, 3.8) is 0 Å². The van der Waals surface area contributed by atoms with Crippen LogP contribution in [0.15, 0.2) is 23.2 Å². The van der Waals surface area contributed by atoms with E-state index < -0.39 is 0 Å². The van der Waals surface area contributed by atoms with Gasteiger partial charge in [0.1, 0.15) is 0 Å². The highest BCUT2D eigenvalue weighted by atomic mass is 16.7. The van der Waals surface area contributed by atoms with Crippen LogP contribution in [0.2, 0.25) is 0 Å². The van der Waals surface area contributed by atoms with E-state index in [1.165, 1.54) is 0 Å². The summed E-state index contributed by atoms with van der Waals surface area (Å²) in [5.74, 6) is 1.19. The Bertz CT molecular complexity index is 572. The Morgan fingerprint density at radius 1 is 1.35 bits per heavy atom. The van der Waals surface area contributed by atoms with Crippen molar-refractivity contribution in [2.45, 2.75) is 13.8 Å². The first-order valence-electron chi connectivity index (χ1n) is 7.47. The highest BCUT2D eigenvalue weighted by Gasteiger charge is 2.17. The molecule has 1 aliphatic heterocycles. The van der Waals surface area contributed by atoms with Crippen LogP contribution in [0.4, 0.5) is 0 Å². The molecular formula is C16H22N2O5. The fraction of sp³-hybridized carbons (Fsp3) is 0.500. The lowest BCUT2D eigenvalue weighted by Crippen LogP contribution is -2.33. The van der Waals surface area contributed by atoms with Crippen molar-refractivity contribution in [2.24, 2.45) is 10.9 Å². The summed E-state index contributed by atoms with van der Waals surface area (Å²) in [6.45, 7) is 5.54. The van der Waals surface area contributed by atoms with Gasteiger partial charge < -0.3 is 18.9 Å². The first kappa shape index (κ1) is 17.1. The molecular weight excluding hydrogens is 300 g/mol. The van der Waals surface area contributed by atoms with Gasteiger partial charge in [0.2, 0.25) is 6.79 Å². The number of hydrogen-bond acceptors (Lipinski definition) is 6. The Kier molecular flexibility index (Phi) is 6.22. The van der Waals surface area contributed by atoms with Crippen LogP contribution in [0.3, 0.4) is 0 Å². The largest absolute Gasteiger partial charge is 0.465 e. The zero-order valence-corrected chi connectivity index (χ0v) is 13.6. The number of ether oxygens (including phenoxy) is 4. The molecule has 0 unspecified atom stereocenters. The second kappa shape index (κ2) is 8.38. The summed E-state index contributed by atoms with van der Waals surface area (Å²) in [5, 5.41) is 2.68. The van der Waals surface area contributed by atoms with Crippen molar-refractivity contribution in [3.05, 3.63) is 23.8 Å². The van der Waals surface area contributed by atoms with Crippen molar-refractivity contribution in [1.82, 2.24) is 5.32 Å². The SMILES string of the molecule is COCCN=C(NC(=O)c1ccc2c(c1)OCO2)OCC(C)C. The molecule has 1 aromatic rings. The topological polar surface area (TPSA) is 78.4 Å². The number of carbonyl (C=O) groups is 1. The number of aliphatic imine (C=N–C) groups is 1. The number of hydrogen-bond donors (Lipinski definition) is 1. The van der Waals surface area contributed by atoms with Crippen molar-refractivity contribution in [3.8, 4) is 11.5 Å². The first-order chi connectivity index (χ1) is 11.1. The van der Waals surface area contributed by atoms with Crippen LogP contribution in [0, 0.1) is 5.92 Å². The fourth-order valence-electron chi connectivity index (χ4n) is 1.81. The Hall–Kier alpha value is -2.28. The van der Waals surface area contributed by atoms with Crippen LogP contribution in [-0.2, 0) is 9.47 Å². The average molecular weight is 322 g/mol. The highest BCUT2D eigenvalue weighted by Crippen LogP contribution is 2.32. The van der Waals surface area contributed by atoms with Gasteiger partial charge in [-0.25, -0.2) is 4.99 Å². The number of amidine groups is 1. The fourth-order valence-corrected chi connectivity index (χ4v) is 1.81. The van der Waals surface area contributed by atoms with Crippen LogP contribution in [-0.4, -0.2) is 45.6 Å². The molecule has 126 valence electrons. The molecule has 1 amide bonds. The number of fused-ring (bicyclic) bond motifs is 1. The van der Waals surface area contributed by atoms with Crippen LogP contribution in [0.1, 0.15) is 24.2 Å². The predicted molar refractivity (Wildman–Crippen MR) is 85.0 cm³/mol. The number of nitrogens with one attached hydrogen (secondary N) is 1. The number of carbonyl (C=O) groups excluding carboxylic acids is 1. The third-order valence-electron chi connectivity index (χ3n) is 2.96. The van der Waals surface area contributed by atoms with Gasteiger partial charge in [0.25, 0.3) is 11.9 Å². The van der Waals surface area contributed by atoms with Gasteiger partial charge in [-0.3, -0.25) is 10.1 Å². The quantitative estimate of drug-likeness (QED) is 0.491. The van der Waals surface area contributed by atoms with Gasteiger partial charge in [0, 0.05) is 12.7 Å². The summed E-state index contributed by atoms with van der Waals surface area (Å²) in [4.78, 5) is 16.5. The number of amides is 1. The summed E-state index contributed by atoms with van der Waals surface area (Å²) in [5.41, 5.74) is 0.446. The van der Waals surface area contributed by atoms with Gasteiger partial charge in [0.05, 0.1) is 19.8 Å². The highest BCUT2D eigenvalue weighted by molar-refractivity contribution is 6.04. The molecule has 1 N–H and O–H groups in total. The zero-order chi connectivity index (χ0) is 16.7. The molecule has 0 aromatic heterocycles. The molecule has 0 saturated heterocycles. The third kappa shape index (κ3) is 5.14. The lowest BCUT2D eigenvalue weighted by atomic mass is 10.2. The van der Waals surface area contributed by atoms with E-state index in [1.54, 1.807) is 25.3 Å². The smallest absolute Gasteiger partial charge is 0.291 e. The molecule has 7 nitrogen and oxygen atoms in total. The molecule has 0 bridgehead atoms. The van der Waals surface area contributed by atoms with E-state index >= 15 is 0 Å². The molecule has 0 saturated carbocycles. The van der Waals surface area contributed by atoms with Gasteiger partial charge >= 0.3 is 0 Å². The summed E-state index contributed by atoms with van der Waals surface area (Å²) in [7, 11) is 1.59. The minimum atomic E-state index is -0.316. The van der Waals surface area contributed by atoms with Crippen molar-refractivity contribution in [1.29, 1.82) is 0 Å². The lowest BCUT2D eigenvalue weighted by molar-refractivity contribution is 0.0962. The molecule has 1 aromatic carbocycles. The Labute approximate surface area is 135 Å². The van der Waals surface area contributed by atoms with E-state index in [-0.39, 0.29) is 18.7 Å². The first-order valence-corrected chi connectivity index (χ1v) is 7.47. The average Bonchev–Trinajstić information content (AvgIpc) is 2.99. The predicted octanol–water partition coefficient (Wildman–Crippen LogP) is 1.82. The molecule has 0 radical (unpaired) electrons. The van der Waals surface area contributed by atoms with Crippen molar-refractivity contribution < 1.29 is 23.7 Å². The Balaban J connectivity index is 2.02. The van der Waals surface area contributed by atoms with Crippen LogP contribution < -0.4 is 14.8 Å². The van der Waals surface area contributed by atoms with Gasteiger partial charge in [-0.2, -0.15) is 0 Å². The standard InChI is InChI=1S/C16H22N2O5/c1-11(2)9-21-16(17-6-7-20-3)18-15(19)12-4-5-13-14(8-12)23-10-22-13/h4-5,8,11H,6-7,9-10H2,1-3H3,(H,17,18,19). The second-order valence-electron chi connectivity index (χ2n) is 5.41. The van der Waals surface area contributed by atoms with Crippen molar-refractivity contribution in [2.75, 3.05) is 33.7 Å². The van der Waals surface area contributed by atoms with E-state index in [9.17, 15) is 4.79 Å². The van der Waals surface area contributed by atoms with Crippen LogP contribution in [0.5, 0.6) is 11.5 Å². The molecule has 1 aliphatic rings. The Morgan fingerprint density at radius 3 is 2.87 bits per heavy atom. The maximum atomic E-state index is 12.3. The molecule has 2 rings (SSSR count). The molecule has 0 aliphatic carbocycles. The number of nitrogens with zero attached hydrogens (tertiary/aromatic N) is 1. The maximum absolute atomic E-state index is 12.3. The molecule has 0 fully saturated rings. The van der Waals surface area contributed by atoms with E-state index in [0.29, 0.717) is 42.7 Å².